The molecule has 1 atom stereocenters. The molecule has 1 heterocycles. The lowest BCUT2D eigenvalue weighted by Crippen LogP contribution is -2.31. The van der Waals surface area contributed by atoms with E-state index in [1.165, 1.54) is 0 Å². The van der Waals surface area contributed by atoms with Gasteiger partial charge in [0.2, 0.25) is 0 Å². The van der Waals surface area contributed by atoms with Gasteiger partial charge in [0.05, 0.1) is 0 Å². The summed E-state index contributed by atoms with van der Waals surface area (Å²) in [5, 5.41) is 3.55. The molecule has 0 spiro atoms. The van der Waals surface area contributed by atoms with E-state index in [1.54, 1.807) is 0 Å². The molecule has 3 nitrogen and oxygen atoms in total. The summed E-state index contributed by atoms with van der Waals surface area (Å²) in [6.07, 6.45) is -0.181. The van der Waals surface area contributed by atoms with Crippen molar-refractivity contribution >= 4 is 27.5 Å². The van der Waals surface area contributed by atoms with E-state index in [1.807, 2.05) is 59.5 Å². The van der Waals surface area contributed by atoms with Crippen LogP contribution in [0.1, 0.15) is 33.2 Å². The van der Waals surface area contributed by atoms with Gasteiger partial charge < -0.3 is 10.2 Å². The zero-order valence-electron chi connectivity index (χ0n) is 14.4. The zero-order valence-corrected chi connectivity index (χ0v) is 16.0. The van der Waals surface area contributed by atoms with Crippen LogP contribution in [-0.4, -0.2) is 10.8 Å². The summed E-state index contributed by atoms with van der Waals surface area (Å²) < 4.78 is 1.08. The molecule has 0 bridgehead atoms. The molecule has 1 N–H and O–H groups in total. The molecule has 0 saturated carbocycles. The van der Waals surface area contributed by atoms with Gasteiger partial charge in [-0.2, -0.15) is 0 Å². The van der Waals surface area contributed by atoms with Crippen molar-refractivity contribution in [2.24, 2.45) is 0 Å². The number of fused-ring (bicyclic) bond motifs is 1. The van der Waals surface area contributed by atoms with Gasteiger partial charge in [-0.3, -0.25) is 4.79 Å². The minimum absolute atomic E-state index is 0.0655. The van der Waals surface area contributed by atoms with Crippen LogP contribution in [0.3, 0.4) is 0 Å². The third-order valence-electron chi connectivity index (χ3n) is 4.72. The first-order valence-corrected chi connectivity index (χ1v) is 9.39. The first kappa shape index (κ1) is 16.9. The zero-order chi connectivity index (χ0) is 18.1. The smallest absolute Gasteiger partial charge is 0.256 e. The number of nitrogens with zero attached hydrogens (tertiary/aromatic N) is 1. The average molecular weight is 407 g/mol. The fraction of sp³-hybridized carbons (Fsp3) is 0.136. The first-order chi connectivity index (χ1) is 12.6. The third kappa shape index (κ3) is 3.13. The van der Waals surface area contributed by atoms with Crippen LogP contribution in [0.5, 0.6) is 0 Å². The maximum absolute atomic E-state index is 13.0. The van der Waals surface area contributed by atoms with E-state index in [9.17, 15) is 4.79 Å². The number of aryl methyl sites for hydroxylation is 1. The topological polar surface area (TPSA) is 32.3 Å². The number of halogens is 1. The van der Waals surface area contributed by atoms with E-state index in [4.69, 9.17) is 0 Å². The van der Waals surface area contributed by atoms with Crippen molar-refractivity contribution in [3.63, 3.8) is 0 Å². The van der Waals surface area contributed by atoms with Crippen LogP contribution in [-0.2, 0) is 6.54 Å². The van der Waals surface area contributed by atoms with E-state index in [0.29, 0.717) is 6.54 Å². The summed E-state index contributed by atoms with van der Waals surface area (Å²) in [6.45, 7) is 2.63. The van der Waals surface area contributed by atoms with Gasteiger partial charge in [-0.05, 0) is 42.3 Å². The summed E-state index contributed by atoms with van der Waals surface area (Å²) in [6, 6.07) is 24.1. The Morgan fingerprint density at radius 1 is 1.00 bits per heavy atom. The fourth-order valence-corrected chi connectivity index (χ4v) is 3.61. The Hall–Kier alpha value is -2.59. The van der Waals surface area contributed by atoms with Crippen LogP contribution in [0.25, 0.3) is 0 Å². The number of hydrogen-bond acceptors (Lipinski definition) is 2. The van der Waals surface area contributed by atoms with Crippen LogP contribution >= 0.6 is 15.9 Å². The molecular weight excluding hydrogens is 388 g/mol. The summed E-state index contributed by atoms with van der Waals surface area (Å²) in [4.78, 5) is 14.9. The number of benzene rings is 3. The molecular formula is C22H19BrN2O. The van der Waals surface area contributed by atoms with Crippen molar-refractivity contribution in [1.82, 2.24) is 4.90 Å². The van der Waals surface area contributed by atoms with Crippen molar-refractivity contribution in [2.75, 3.05) is 5.32 Å². The highest BCUT2D eigenvalue weighted by Gasteiger charge is 2.36. The maximum Gasteiger partial charge on any atom is 0.256 e. The standard InChI is InChI=1S/C22H19BrN2O/c1-15-13-17(11-12-20(15)23)24-21-18-9-5-6-10-19(18)22(26)25(21)14-16-7-3-2-4-8-16/h2-13,21,24H,14H2,1H3/t21-/m1/s1. The average Bonchev–Trinajstić information content (AvgIpc) is 2.92. The van der Waals surface area contributed by atoms with Crippen LogP contribution in [0.4, 0.5) is 5.69 Å². The molecule has 26 heavy (non-hydrogen) atoms. The second kappa shape index (κ2) is 6.96. The SMILES string of the molecule is Cc1cc(N[C@H]2c3ccccc3C(=O)N2Cc2ccccc2)ccc1Br. The van der Waals surface area contributed by atoms with Gasteiger partial charge in [-0.25, -0.2) is 0 Å². The van der Waals surface area contributed by atoms with Gasteiger partial charge in [0, 0.05) is 27.8 Å². The normalized spacial score (nSPS) is 15.8. The molecule has 0 saturated heterocycles. The Labute approximate surface area is 161 Å². The second-order valence-electron chi connectivity index (χ2n) is 6.52. The molecule has 0 unspecified atom stereocenters. The van der Waals surface area contributed by atoms with Gasteiger partial charge in [0.1, 0.15) is 6.17 Å². The minimum atomic E-state index is -0.181. The second-order valence-corrected chi connectivity index (χ2v) is 7.37. The Morgan fingerprint density at radius 3 is 2.50 bits per heavy atom. The molecule has 3 aromatic rings. The van der Waals surface area contributed by atoms with E-state index in [0.717, 1.165) is 32.4 Å². The van der Waals surface area contributed by atoms with Crippen LogP contribution in [0.15, 0.2) is 77.3 Å². The summed E-state index contributed by atoms with van der Waals surface area (Å²) >= 11 is 3.54. The highest BCUT2D eigenvalue weighted by atomic mass is 79.9. The number of carbonyl (C=O) groups is 1. The number of amides is 1. The van der Waals surface area contributed by atoms with Crippen molar-refractivity contribution in [2.45, 2.75) is 19.6 Å². The molecule has 3 aromatic carbocycles. The van der Waals surface area contributed by atoms with Crippen molar-refractivity contribution in [1.29, 1.82) is 0 Å². The van der Waals surface area contributed by atoms with Gasteiger partial charge >= 0.3 is 0 Å². The predicted octanol–water partition coefficient (Wildman–Crippen LogP) is 5.52. The van der Waals surface area contributed by atoms with Crippen LogP contribution in [0.2, 0.25) is 0 Å². The molecule has 4 heteroatoms. The minimum Gasteiger partial charge on any atom is -0.361 e. The Bertz CT molecular complexity index is 955. The lowest BCUT2D eigenvalue weighted by molar-refractivity contribution is 0.0729. The monoisotopic (exact) mass is 406 g/mol. The van der Waals surface area contributed by atoms with E-state index < -0.39 is 0 Å². The lowest BCUT2D eigenvalue weighted by Gasteiger charge is -2.27. The number of carbonyl (C=O) groups excluding carboxylic acids is 1. The molecule has 0 radical (unpaired) electrons. The molecule has 1 amide bonds. The van der Waals surface area contributed by atoms with Crippen LogP contribution in [0, 0.1) is 6.92 Å². The highest BCUT2D eigenvalue weighted by Crippen LogP contribution is 2.36. The molecule has 4 rings (SSSR count). The van der Waals surface area contributed by atoms with Crippen molar-refractivity contribution in [3.8, 4) is 0 Å². The summed E-state index contributed by atoms with van der Waals surface area (Å²) in [5.41, 5.74) is 5.07. The van der Waals surface area contributed by atoms with Crippen molar-refractivity contribution < 1.29 is 4.79 Å². The summed E-state index contributed by atoms with van der Waals surface area (Å²) in [5.74, 6) is 0.0655. The van der Waals surface area contributed by atoms with Gasteiger partial charge in [0.15, 0.2) is 0 Å². The fourth-order valence-electron chi connectivity index (χ4n) is 3.36. The van der Waals surface area contributed by atoms with E-state index >= 15 is 0 Å². The van der Waals surface area contributed by atoms with E-state index in [-0.39, 0.29) is 12.1 Å². The number of anilines is 1. The first-order valence-electron chi connectivity index (χ1n) is 8.60. The molecule has 1 aliphatic heterocycles. The maximum atomic E-state index is 13.0. The number of nitrogens with one attached hydrogen (secondary N) is 1. The van der Waals surface area contributed by atoms with Gasteiger partial charge in [0.25, 0.3) is 5.91 Å². The van der Waals surface area contributed by atoms with Gasteiger partial charge in [-0.1, -0.05) is 64.5 Å². The van der Waals surface area contributed by atoms with Gasteiger partial charge in [-0.15, -0.1) is 0 Å². The number of rotatable bonds is 4. The molecule has 1 aliphatic rings. The number of hydrogen-bond donors (Lipinski definition) is 1. The molecule has 130 valence electrons. The Balaban J connectivity index is 1.69. The quantitative estimate of drug-likeness (QED) is 0.617. The third-order valence-corrected chi connectivity index (χ3v) is 5.61. The largest absolute Gasteiger partial charge is 0.361 e. The molecule has 0 aliphatic carbocycles. The van der Waals surface area contributed by atoms with Crippen LogP contribution < -0.4 is 5.32 Å². The molecule has 0 aromatic heterocycles. The predicted molar refractivity (Wildman–Crippen MR) is 108 cm³/mol. The Morgan fingerprint density at radius 2 is 1.73 bits per heavy atom. The highest BCUT2D eigenvalue weighted by molar-refractivity contribution is 9.10. The van der Waals surface area contributed by atoms with Crippen molar-refractivity contribution in [3.05, 3.63) is 99.5 Å². The van der Waals surface area contributed by atoms with E-state index in [2.05, 4.69) is 46.4 Å². The summed E-state index contributed by atoms with van der Waals surface area (Å²) in [7, 11) is 0. The Kier molecular flexibility index (Phi) is 4.51. The lowest BCUT2D eigenvalue weighted by atomic mass is 10.1. The molecule has 0 fully saturated rings.